The highest BCUT2D eigenvalue weighted by Crippen LogP contribution is 2.29. The van der Waals surface area contributed by atoms with Crippen LogP contribution in [0.1, 0.15) is 25.7 Å². The molecule has 4 rings (SSSR count). The molecule has 6 heteroatoms. The number of nitrogens with one attached hydrogen (secondary N) is 2. The zero-order valence-electron chi connectivity index (χ0n) is 16.2. The molecule has 2 aromatic rings. The number of anilines is 1. The molecule has 0 radical (unpaired) electrons. The Morgan fingerprint density at radius 1 is 1.03 bits per heavy atom. The van der Waals surface area contributed by atoms with Crippen LogP contribution >= 0.6 is 23.2 Å². The van der Waals surface area contributed by atoms with Gasteiger partial charge in [0, 0.05) is 28.7 Å². The Labute approximate surface area is 182 Å². The lowest BCUT2D eigenvalue weighted by atomic mass is 9.98. The van der Waals surface area contributed by atoms with Gasteiger partial charge in [-0.1, -0.05) is 53.5 Å². The summed E-state index contributed by atoms with van der Waals surface area (Å²) in [5.41, 5.74) is 0.680. The number of halogens is 2. The lowest BCUT2D eigenvalue weighted by molar-refractivity contribution is -0.126. The molecule has 2 aliphatic rings. The first-order valence-corrected chi connectivity index (χ1v) is 10.4. The number of rotatable bonds is 3. The van der Waals surface area contributed by atoms with E-state index in [2.05, 4.69) is 17.2 Å². The van der Waals surface area contributed by atoms with Crippen molar-refractivity contribution in [2.45, 2.75) is 25.7 Å². The maximum absolute atomic E-state index is 11.9. The minimum absolute atomic E-state index is 0.0109. The quantitative estimate of drug-likeness (QED) is 0.608. The summed E-state index contributed by atoms with van der Waals surface area (Å²) in [7, 11) is 0. The molecule has 1 unspecified atom stereocenters. The fourth-order valence-electron chi connectivity index (χ4n) is 2.51. The van der Waals surface area contributed by atoms with E-state index >= 15 is 0 Å². The number of carbonyl (C=O) groups is 2. The molecule has 1 heterocycles. The molecule has 1 saturated heterocycles. The summed E-state index contributed by atoms with van der Waals surface area (Å²) in [6.45, 7) is 4.03. The number of piperidine rings is 1. The van der Waals surface area contributed by atoms with Crippen LogP contribution < -0.4 is 10.6 Å². The number of allylic oxidation sites excluding steroid dienone is 1. The van der Waals surface area contributed by atoms with Crippen LogP contribution in [0.15, 0.2) is 67.3 Å². The molecule has 2 amide bonds. The fraction of sp³-hybridized carbons (Fsp3) is 0.304. The minimum atomic E-state index is -0.160. The van der Waals surface area contributed by atoms with Crippen molar-refractivity contribution in [2.24, 2.45) is 11.8 Å². The largest absolute Gasteiger partial charge is 0.355 e. The molecule has 2 aromatic carbocycles. The van der Waals surface area contributed by atoms with Gasteiger partial charge in [0.05, 0.1) is 5.92 Å². The van der Waals surface area contributed by atoms with E-state index in [-0.39, 0.29) is 17.7 Å². The SMILES string of the molecule is C=CC1CC1.Clc1ccccc1.O=C1CCC(C(=O)Nc2cccc(Cl)c2)CN1. The minimum Gasteiger partial charge on any atom is -0.355 e. The van der Waals surface area contributed by atoms with Crippen LogP contribution in [0, 0.1) is 11.8 Å². The predicted molar refractivity (Wildman–Crippen MR) is 120 cm³/mol. The second-order valence-electron chi connectivity index (χ2n) is 6.91. The molecule has 1 atom stereocenters. The average Bonchev–Trinajstić information content (AvgIpc) is 3.55. The monoisotopic (exact) mass is 432 g/mol. The van der Waals surface area contributed by atoms with Crippen molar-refractivity contribution < 1.29 is 9.59 Å². The highest BCUT2D eigenvalue weighted by molar-refractivity contribution is 6.31. The van der Waals surface area contributed by atoms with E-state index in [9.17, 15) is 9.59 Å². The van der Waals surface area contributed by atoms with Gasteiger partial charge in [0.15, 0.2) is 0 Å². The molecule has 2 N–H and O–H groups in total. The summed E-state index contributed by atoms with van der Waals surface area (Å²) in [4.78, 5) is 22.9. The van der Waals surface area contributed by atoms with Gasteiger partial charge in [0.2, 0.25) is 11.8 Å². The van der Waals surface area contributed by atoms with Crippen LogP contribution in [0.3, 0.4) is 0 Å². The van der Waals surface area contributed by atoms with Crippen molar-refractivity contribution >= 4 is 40.7 Å². The van der Waals surface area contributed by atoms with Crippen molar-refractivity contribution in [3.63, 3.8) is 0 Å². The van der Waals surface area contributed by atoms with Gasteiger partial charge in [-0.3, -0.25) is 9.59 Å². The van der Waals surface area contributed by atoms with Gasteiger partial charge in [-0.15, -0.1) is 6.58 Å². The Hall–Kier alpha value is -2.30. The summed E-state index contributed by atoms with van der Waals surface area (Å²) in [5, 5.41) is 6.85. The summed E-state index contributed by atoms with van der Waals surface area (Å²) < 4.78 is 0. The van der Waals surface area contributed by atoms with E-state index in [1.54, 1.807) is 24.3 Å². The third kappa shape index (κ3) is 9.64. The van der Waals surface area contributed by atoms with E-state index in [0.29, 0.717) is 30.1 Å². The first-order chi connectivity index (χ1) is 14.0. The second-order valence-corrected chi connectivity index (χ2v) is 7.78. The highest BCUT2D eigenvalue weighted by atomic mass is 35.5. The molecular formula is C23H26Cl2N2O2. The zero-order chi connectivity index (χ0) is 21.1. The van der Waals surface area contributed by atoms with E-state index < -0.39 is 0 Å². The lowest BCUT2D eigenvalue weighted by Gasteiger charge is -2.21. The summed E-state index contributed by atoms with van der Waals surface area (Å²) in [5.74, 6) is 0.672. The lowest BCUT2D eigenvalue weighted by Crippen LogP contribution is -2.40. The third-order valence-corrected chi connectivity index (χ3v) is 4.90. The summed E-state index contributed by atoms with van der Waals surface area (Å²) >= 11 is 11.4. The Kier molecular flexibility index (Phi) is 9.75. The number of hydrogen-bond acceptors (Lipinski definition) is 2. The molecule has 1 aliphatic carbocycles. The van der Waals surface area contributed by atoms with Crippen molar-refractivity contribution in [1.29, 1.82) is 0 Å². The standard InChI is InChI=1S/C12H13ClN2O2.C6H5Cl.C5H8/c13-9-2-1-3-10(6-9)15-12(17)8-4-5-11(16)14-7-8;7-6-4-2-1-3-5-6;1-2-5-3-4-5/h1-3,6,8H,4-5,7H2,(H,14,16)(H,15,17);1-5H;2,5H,1,3-4H2. The van der Waals surface area contributed by atoms with Crippen molar-refractivity contribution in [1.82, 2.24) is 5.32 Å². The maximum Gasteiger partial charge on any atom is 0.229 e. The highest BCUT2D eigenvalue weighted by Gasteiger charge is 2.24. The first-order valence-electron chi connectivity index (χ1n) is 9.64. The van der Waals surface area contributed by atoms with Crippen molar-refractivity contribution in [3.05, 3.63) is 77.3 Å². The van der Waals surface area contributed by atoms with Gasteiger partial charge < -0.3 is 10.6 Å². The van der Waals surface area contributed by atoms with E-state index in [1.807, 2.05) is 36.4 Å². The van der Waals surface area contributed by atoms with Crippen molar-refractivity contribution in [3.8, 4) is 0 Å². The molecule has 0 spiro atoms. The molecule has 1 saturated carbocycles. The zero-order valence-corrected chi connectivity index (χ0v) is 17.8. The molecule has 0 aromatic heterocycles. The maximum atomic E-state index is 11.9. The number of benzene rings is 2. The average molecular weight is 433 g/mol. The van der Waals surface area contributed by atoms with E-state index in [1.165, 1.54) is 12.8 Å². The normalized spacial score (nSPS) is 17.4. The summed E-state index contributed by atoms with van der Waals surface area (Å²) in [6, 6.07) is 16.4. The Morgan fingerprint density at radius 2 is 1.72 bits per heavy atom. The van der Waals surface area contributed by atoms with Gasteiger partial charge in [0.1, 0.15) is 0 Å². The molecule has 0 bridgehead atoms. The van der Waals surface area contributed by atoms with Crippen LogP contribution in [0.25, 0.3) is 0 Å². The summed E-state index contributed by atoms with van der Waals surface area (Å²) in [6.07, 6.45) is 5.82. The number of amides is 2. The Balaban J connectivity index is 0.000000203. The fourth-order valence-corrected chi connectivity index (χ4v) is 2.85. The van der Waals surface area contributed by atoms with Crippen LogP contribution in [0.4, 0.5) is 5.69 Å². The first kappa shape index (κ1) is 23.0. The van der Waals surface area contributed by atoms with E-state index in [0.717, 1.165) is 10.9 Å². The van der Waals surface area contributed by atoms with Crippen LogP contribution in [-0.2, 0) is 9.59 Å². The predicted octanol–water partition coefficient (Wildman–Crippen LogP) is 5.73. The molecule has 2 fully saturated rings. The van der Waals surface area contributed by atoms with Gasteiger partial charge in [0.25, 0.3) is 0 Å². The number of hydrogen-bond donors (Lipinski definition) is 2. The van der Waals surface area contributed by atoms with Gasteiger partial charge >= 0.3 is 0 Å². The van der Waals surface area contributed by atoms with Gasteiger partial charge in [-0.25, -0.2) is 0 Å². The van der Waals surface area contributed by atoms with Gasteiger partial charge in [-0.05, 0) is 55.5 Å². The third-order valence-electron chi connectivity index (χ3n) is 4.42. The topological polar surface area (TPSA) is 58.2 Å². The van der Waals surface area contributed by atoms with Crippen LogP contribution in [-0.4, -0.2) is 18.4 Å². The van der Waals surface area contributed by atoms with Gasteiger partial charge in [-0.2, -0.15) is 0 Å². The molecule has 154 valence electrons. The van der Waals surface area contributed by atoms with E-state index in [4.69, 9.17) is 23.2 Å². The smallest absolute Gasteiger partial charge is 0.229 e. The van der Waals surface area contributed by atoms with Crippen molar-refractivity contribution in [2.75, 3.05) is 11.9 Å². The molecule has 4 nitrogen and oxygen atoms in total. The second kappa shape index (κ2) is 12.3. The van der Waals surface area contributed by atoms with Crippen LogP contribution in [0.5, 0.6) is 0 Å². The van der Waals surface area contributed by atoms with Crippen LogP contribution in [0.2, 0.25) is 10.0 Å². The molecular weight excluding hydrogens is 407 g/mol. The Morgan fingerprint density at radius 3 is 2.17 bits per heavy atom. The number of carbonyl (C=O) groups excluding carboxylic acids is 2. The molecule has 1 aliphatic heterocycles. The molecule has 29 heavy (non-hydrogen) atoms. The Bertz CT molecular complexity index is 798.